The number of amides is 1. The lowest BCUT2D eigenvalue weighted by Gasteiger charge is -2.22. The summed E-state index contributed by atoms with van der Waals surface area (Å²) in [6, 6.07) is 22.5. The Kier molecular flexibility index (Phi) is 6.02. The summed E-state index contributed by atoms with van der Waals surface area (Å²) in [5.74, 6) is 0.442. The molecule has 1 amide bonds. The zero-order valence-corrected chi connectivity index (χ0v) is 15.9. The summed E-state index contributed by atoms with van der Waals surface area (Å²) in [5.41, 5.74) is 1.75. The molecular weight excluding hydrogens is 392 g/mol. The van der Waals surface area contributed by atoms with Crippen LogP contribution in [0.3, 0.4) is 0 Å². The lowest BCUT2D eigenvalue weighted by Crippen LogP contribution is -2.39. The van der Waals surface area contributed by atoms with E-state index in [0.717, 1.165) is 15.7 Å². The van der Waals surface area contributed by atoms with Crippen molar-refractivity contribution in [2.24, 2.45) is 0 Å². The van der Waals surface area contributed by atoms with E-state index in [9.17, 15) is 4.79 Å². The molecule has 0 aliphatic rings. The van der Waals surface area contributed by atoms with Gasteiger partial charge < -0.3 is 10.1 Å². The number of rotatable bonds is 6. The van der Waals surface area contributed by atoms with E-state index < -0.39 is 6.10 Å². The molecule has 3 aromatic rings. The Bertz CT molecular complexity index is 799. The molecule has 0 saturated heterocycles. The fourth-order valence-electron chi connectivity index (χ4n) is 2.55. The van der Waals surface area contributed by atoms with Gasteiger partial charge in [-0.05, 0) is 48.9 Å². The molecule has 0 bridgehead atoms. The maximum absolute atomic E-state index is 12.7. The zero-order valence-electron chi connectivity index (χ0n) is 14.3. The third kappa shape index (κ3) is 4.70. The number of carbonyl (C=O) groups excluding carboxylic acids is 1. The maximum Gasteiger partial charge on any atom is 0.261 e. The highest BCUT2D eigenvalue weighted by atomic mass is 79.9. The summed E-state index contributed by atoms with van der Waals surface area (Å²) in [7, 11) is 0. The van der Waals surface area contributed by atoms with Crippen molar-refractivity contribution in [3.63, 3.8) is 0 Å². The smallest absolute Gasteiger partial charge is 0.261 e. The summed E-state index contributed by atoms with van der Waals surface area (Å²) in [6.45, 7) is 1.73. The Labute approximate surface area is 161 Å². The molecule has 0 aliphatic carbocycles. The van der Waals surface area contributed by atoms with Crippen molar-refractivity contribution in [3.05, 3.63) is 94.7 Å². The second-order valence-corrected chi connectivity index (χ2v) is 6.74. The van der Waals surface area contributed by atoms with E-state index in [1.165, 1.54) is 0 Å². The van der Waals surface area contributed by atoms with Crippen LogP contribution in [0.15, 0.2) is 83.5 Å². The van der Waals surface area contributed by atoms with Crippen LogP contribution in [-0.2, 0) is 4.79 Å². The van der Waals surface area contributed by atoms with Crippen LogP contribution in [0.5, 0.6) is 5.75 Å². The van der Waals surface area contributed by atoms with E-state index in [0.29, 0.717) is 5.75 Å². The summed E-state index contributed by atoms with van der Waals surface area (Å²) < 4.78 is 6.71. The molecule has 0 aliphatic heterocycles. The Morgan fingerprint density at radius 3 is 2.35 bits per heavy atom. The maximum atomic E-state index is 12.7. The molecule has 0 saturated carbocycles. The fraction of sp³-hybridized carbons (Fsp3) is 0.143. The van der Waals surface area contributed by atoms with Crippen LogP contribution in [0.2, 0.25) is 0 Å². The molecule has 0 fully saturated rings. The minimum absolute atomic E-state index is 0.201. The molecule has 4 nitrogen and oxygen atoms in total. The van der Waals surface area contributed by atoms with E-state index in [2.05, 4.69) is 26.2 Å². The first-order valence-electron chi connectivity index (χ1n) is 8.32. The highest BCUT2D eigenvalue weighted by Crippen LogP contribution is 2.21. The molecule has 2 aromatic carbocycles. The van der Waals surface area contributed by atoms with Gasteiger partial charge in [-0.15, -0.1) is 0 Å². The molecule has 132 valence electrons. The van der Waals surface area contributed by atoms with Crippen molar-refractivity contribution >= 4 is 21.8 Å². The van der Waals surface area contributed by atoms with Crippen molar-refractivity contribution in [2.45, 2.75) is 19.1 Å². The second-order valence-electron chi connectivity index (χ2n) is 5.82. The Morgan fingerprint density at radius 2 is 1.69 bits per heavy atom. The van der Waals surface area contributed by atoms with Gasteiger partial charge in [0.25, 0.3) is 5.91 Å². The molecule has 1 N–H and O–H groups in total. The first kappa shape index (κ1) is 18.1. The molecule has 2 atom stereocenters. The number of halogens is 1. The normalized spacial score (nSPS) is 12.8. The molecule has 26 heavy (non-hydrogen) atoms. The van der Waals surface area contributed by atoms with Gasteiger partial charge in [-0.25, -0.2) is 0 Å². The highest BCUT2D eigenvalue weighted by molar-refractivity contribution is 9.10. The van der Waals surface area contributed by atoms with E-state index in [1.54, 1.807) is 13.1 Å². The van der Waals surface area contributed by atoms with Crippen LogP contribution in [0, 0.1) is 0 Å². The number of benzene rings is 2. The zero-order chi connectivity index (χ0) is 18.4. The van der Waals surface area contributed by atoms with Gasteiger partial charge >= 0.3 is 0 Å². The van der Waals surface area contributed by atoms with Crippen LogP contribution >= 0.6 is 15.9 Å². The summed E-state index contributed by atoms with van der Waals surface area (Å²) in [5, 5.41) is 3.05. The number of ether oxygens (including phenoxy) is 1. The third-order valence-corrected chi connectivity index (χ3v) is 4.43. The molecule has 1 aromatic heterocycles. The fourth-order valence-corrected chi connectivity index (χ4v) is 2.82. The van der Waals surface area contributed by atoms with Crippen LogP contribution in [-0.4, -0.2) is 17.0 Å². The van der Waals surface area contributed by atoms with Gasteiger partial charge in [0.1, 0.15) is 5.75 Å². The van der Waals surface area contributed by atoms with Gasteiger partial charge in [0.05, 0.1) is 11.7 Å². The lowest BCUT2D eigenvalue weighted by molar-refractivity contribution is -0.127. The molecule has 1 heterocycles. The average Bonchev–Trinajstić information content (AvgIpc) is 2.69. The monoisotopic (exact) mass is 410 g/mol. The number of nitrogens with zero attached hydrogens (tertiary/aromatic N) is 1. The van der Waals surface area contributed by atoms with Crippen molar-refractivity contribution in [1.82, 2.24) is 10.3 Å². The number of pyridine rings is 1. The van der Waals surface area contributed by atoms with Crippen molar-refractivity contribution < 1.29 is 9.53 Å². The van der Waals surface area contributed by atoms with E-state index in [1.807, 2.05) is 72.8 Å². The summed E-state index contributed by atoms with van der Waals surface area (Å²) >= 11 is 3.38. The van der Waals surface area contributed by atoms with Crippen molar-refractivity contribution in [1.29, 1.82) is 0 Å². The SMILES string of the molecule is C[C@@H](Oc1ccc(Br)cc1)C(=O)N[C@H](c1ccccc1)c1ccccn1. The minimum Gasteiger partial charge on any atom is -0.481 e. The highest BCUT2D eigenvalue weighted by Gasteiger charge is 2.22. The molecule has 0 unspecified atom stereocenters. The van der Waals surface area contributed by atoms with E-state index >= 15 is 0 Å². The van der Waals surface area contributed by atoms with Gasteiger partial charge in [-0.1, -0.05) is 52.3 Å². The van der Waals surface area contributed by atoms with E-state index in [-0.39, 0.29) is 11.9 Å². The van der Waals surface area contributed by atoms with Crippen molar-refractivity contribution in [3.8, 4) is 5.75 Å². The van der Waals surface area contributed by atoms with Crippen LogP contribution < -0.4 is 10.1 Å². The average molecular weight is 411 g/mol. The standard InChI is InChI=1S/C21H19BrN2O2/c1-15(26-18-12-10-17(22)11-13-18)21(25)24-20(16-7-3-2-4-8-16)19-9-5-6-14-23-19/h2-15,20H,1H3,(H,24,25)/t15-,20-/m1/s1. The number of nitrogens with one attached hydrogen (secondary N) is 1. The van der Waals surface area contributed by atoms with E-state index in [4.69, 9.17) is 4.74 Å². The quantitative estimate of drug-likeness (QED) is 0.649. The molecule has 0 radical (unpaired) electrons. The third-order valence-electron chi connectivity index (χ3n) is 3.90. The largest absolute Gasteiger partial charge is 0.481 e. The first-order valence-corrected chi connectivity index (χ1v) is 9.11. The van der Waals surface area contributed by atoms with Gasteiger partial charge in [0.2, 0.25) is 0 Å². The number of carbonyl (C=O) groups is 1. The van der Waals surface area contributed by atoms with Crippen LogP contribution in [0.25, 0.3) is 0 Å². The molecule has 5 heteroatoms. The van der Waals surface area contributed by atoms with Gasteiger partial charge in [0.15, 0.2) is 6.10 Å². The van der Waals surface area contributed by atoms with Crippen LogP contribution in [0.1, 0.15) is 24.2 Å². The summed E-state index contributed by atoms with van der Waals surface area (Å²) in [4.78, 5) is 17.1. The second kappa shape index (κ2) is 8.63. The first-order chi connectivity index (χ1) is 12.6. The Morgan fingerprint density at radius 1 is 1.00 bits per heavy atom. The Balaban J connectivity index is 1.75. The summed E-state index contributed by atoms with van der Waals surface area (Å²) in [6.07, 6.45) is 1.09. The molecule has 3 rings (SSSR count). The number of hydrogen-bond acceptors (Lipinski definition) is 3. The molecular formula is C21H19BrN2O2. The van der Waals surface area contributed by atoms with Gasteiger partial charge in [0, 0.05) is 10.7 Å². The lowest BCUT2D eigenvalue weighted by atomic mass is 10.0. The predicted octanol–water partition coefficient (Wildman–Crippen LogP) is 4.52. The minimum atomic E-state index is -0.633. The number of hydrogen-bond donors (Lipinski definition) is 1. The predicted molar refractivity (Wildman–Crippen MR) is 105 cm³/mol. The Hall–Kier alpha value is -2.66. The van der Waals surface area contributed by atoms with Gasteiger partial charge in [-0.3, -0.25) is 9.78 Å². The van der Waals surface area contributed by atoms with Crippen LogP contribution in [0.4, 0.5) is 0 Å². The van der Waals surface area contributed by atoms with Gasteiger partial charge in [-0.2, -0.15) is 0 Å². The number of aromatic nitrogens is 1. The van der Waals surface area contributed by atoms with Crippen molar-refractivity contribution in [2.75, 3.05) is 0 Å². The molecule has 0 spiro atoms. The topological polar surface area (TPSA) is 51.2 Å².